The van der Waals surface area contributed by atoms with E-state index in [0.29, 0.717) is 31.9 Å². The van der Waals surface area contributed by atoms with Gasteiger partial charge in [-0.15, -0.1) is 11.3 Å². The van der Waals surface area contributed by atoms with Gasteiger partial charge >= 0.3 is 5.97 Å². The van der Waals surface area contributed by atoms with E-state index in [9.17, 15) is 9.59 Å². The van der Waals surface area contributed by atoms with Crippen molar-refractivity contribution in [3.05, 3.63) is 113 Å². The Morgan fingerprint density at radius 1 is 1.09 bits per heavy atom. The van der Waals surface area contributed by atoms with Crippen molar-refractivity contribution in [2.75, 3.05) is 13.7 Å². The molecule has 6 nitrogen and oxygen atoms in total. The van der Waals surface area contributed by atoms with Gasteiger partial charge in [0.15, 0.2) is 4.80 Å². The van der Waals surface area contributed by atoms with Crippen LogP contribution in [0.15, 0.2) is 87.5 Å². The highest BCUT2D eigenvalue weighted by Crippen LogP contribution is 2.38. The molecule has 0 radical (unpaired) electrons. The molecule has 0 saturated carbocycles. The molecule has 0 spiro atoms. The van der Waals surface area contributed by atoms with Crippen LogP contribution in [0, 0.1) is 0 Å². The second-order valence-corrected chi connectivity index (χ2v) is 9.68. The topological polar surface area (TPSA) is 69.9 Å². The summed E-state index contributed by atoms with van der Waals surface area (Å²) in [5.74, 6) is 0.0555. The van der Waals surface area contributed by atoms with Crippen molar-refractivity contribution < 1.29 is 14.3 Å². The zero-order valence-electron chi connectivity index (χ0n) is 19.1. The summed E-state index contributed by atoms with van der Waals surface area (Å²) in [6.07, 6.45) is 1.87. The Balaban J connectivity index is 1.88. The quantitative estimate of drug-likeness (QED) is 0.374. The Morgan fingerprint density at radius 3 is 2.57 bits per heavy atom. The van der Waals surface area contributed by atoms with Crippen molar-refractivity contribution in [1.82, 2.24) is 4.57 Å². The summed E-state index contributed by atoms with van der Waals surface area (Å²) in [6, 6.07) is 20.0. The normalized spacial score (nSPS) is 15.5. The molecule has 0 fully saturated rings. The maximum atomic E-state index is 13.8. The van der Waals surface area contributed by atoms with Gasteiger partial charge < -0.3 is 9.47 Å². The second-order valence-electron chi connectivity index (χ2n) is 7.69. The van der Waals surface area contributed by atoms with Gasteiger partial charge in [-0.25, -0.2) is 9.79 Å². The van der Waals surface area contributed by atoms with Gasteiger partial charge in [0, 0.05) is 16.0 Å². The third-order valence-corrected chi connectivity index (χ3v) is 7.43. The molecule has 0 unspecified atom stereocenters. The van der Waals surface area contributed by atoms with Crippen LogP contribution in [0.4, 0.5) is 0 Å². The van der Waals surface area contributed by atoms with Crippen LogP contribution in [0.2, 0.25) is 0 Å². The number of carbonyl (C=O) groups excluding carboxylic acids is 1. The molecule has 1 aliphatic rings. The van der Waals surface area contributed by atoms with Crippen LogP contribution in [-0.4, -0.2) is 24.3 Å². The zero-order valence-corrected chi connectivity index (χ0v) is 20.8. The number of thiophene rings is 1. The summed E-state index contributed by atoms with van der Waals surface area (Å²) in [7, 11) is 1.57. The van der Waals surface area contributed by atoms with Crippen LogP contribution in [0.1, 0.15) is 29.0 Å². The van der Waals surface area contributed by atoms with E-state index >= 15 is 0 Å². The van der Waals surface area contributed by atoms with Gasteiger partial charge in [-0.2, -0.15) is 0 Å². The molecule has 8 heteroatoms. The van der Waals surface area contributed by atoms with Crippen molar-refractivity contribution in [3.8, 4) is 5.75 Å². The molecule has 3 heterocycles. The summed E-state index contributed by atoms with van der Waals surface area (Å²) in [5, 5.41) is 1.97. The summed E-state index contributed by atoms with van der Waals surface area (Å²) >= 11 is 2.86. The first-order chi connectivity index (χ1) is 17.1. The van der Waals surface area contributed by atoms with E-state index in [1.807, 2.05) is 78.2 Å². The number of hydrogen-bond donors (Lipinski definition) is 0. The van der Waals surface area contributed by atoms with E-state index in [-0.39, 0.29) is 12.2 Å². The van der Waals surface area contributed by atoms with Gasteiger partial charge in [0.05, 0.1) is 29.5 Å². The molecule has 2 aromatic carbocycles. The highest BCUT2D eigenvalue weighted by atomic mass is 32.1. The van der Waals surface area contributed by atoms with Crippen LogP contribution in [0.5, 0.6) is 5.75 Å². The number of benzene rings is 2. The molecule has 35 heavy (non-hydrogen) atoms. The zero-order chi connectivity index (χ0) is 24.4. The summed E-state index contributed by atoms with van der Waals surface area (Å²) in [5.41, 5.74) is 2.03. The number of fused-ring (bicyclic) bond motifs is 1. The minimum absolute atomic E-state index is 0.200. The third kappa shape index (κ3) is 4.26. The van der Waals surface area contributed by atoms with Gasteiger partial charge in [-0.3, -0.25) is 9.36 Å². The van der Waals surface area contributed by atoms with E-state index in [1.165, 1.54) is 11.3 Å². The first-order valence-electron chi connectivity index (χ1n) is 11.1. The van der Waals surface area contributed by atoms with E-state index in [2.05, 4.69) is 0 Å². The fraction of sp³-hybridized carbons (Fsp3) is 0.148. The summed E-state index contributed by atoms with van der Waals surface area (Å²) < 4.78 is 13.3. The molecule has 0 N–H and O–H groups in total. The Morgan fingerprint density at radius 2 is 1.86 bits per heavy atom. The lowest BCUT2D eigenvalue weighted by Gasteiger charge is -2.27. The number of esters is 1. The lowest BCUT2D eigenvalue weighted by atomic mass is 9.92. The average Bonchev–Trinajstić information content (AvgIpc) is 3.51. The molecule has 0 aliphatic carbocycles. The molecule has 176 valence electrons. The van der Waals surface area contributed by atoms with E-state index in [0.717, 1.165) is 10.4 Å². The number of rotatable bonds is 6. The Kier molecular flexibility index (Phi) is 6.48. The lowest BCUT2D eigenvalue weighted by molar-refractivity contribution is -0.138. The molecular formula is C27H22N2O4S2. The Hall–Kier alpha value is -3.75. The number of thiazole rings is 1. The molecule has 0 amide bonds. The van der Waals surface area contributed by atoms with E-state index in [4.69, 9.17) is 14.5 Å². The second kappa shape index (κ2) is 9.85. The van der Waals surface area contributed by atoms with E-state index in [1.54, 1.807) is 29.9 Å². The van der Waals surface area contributed by atoms with Crippen molar-refractivity contribution in [2.45, 2.75) is 13.0 Å². The average molecular weight is 503 g/mol. The molecule has 0 saturated heterocycles. The number of ether oxygens (including phenoxy) is 2. The standard InChI is InChI=1S/C27H22N2O4S2/c1-3-33-26(31)22-23(17-10-5-4-6-11-17)28-27-29(24(22)19-13-7-8-14-20(19)32-2)25(30)21(35-27)16-18-12-9-15-34-18/h4-16,24H,3H2,1-2H3/t24-/m1/s1. The SMILES string of the molecule is CCOC(=O)C1=C(c2ccccc2)N=c2sc(=Cc3cccs3)c(=O)n2[C@@H]1c1ccccc1OC. The largest absolute Gasteiger partial charge is 0.496 e. The highest BCUT2D eigenvalue weighted by molar-refractivity contribution is 7.11. The van der Waals surface area contributed by atoms with Crippen molar-refractivity contribution in [1.29, 1.82) is 0 Å². The first kappa shape index (κ1) is 23.0. The van der Waals surface area contributed by atoms with Crippen LogP contribution in [0.25, 0.3) is 11.8 Å². The third-order valence-electron chi connectivity index (χ3n) is 5.62. The molecule has 5 rings (SSSR count). The maximum absolute atomic E-state index is 13.8. The summed E-state index contributed by atoms with van der Waals surface area (Å²) in [6.45, 7) is 1.96. The van der Waals surface area contributed by atoms with Crippen LogP contribution >= 0.6 is 22.7 Å². The van der Waals surface area contributed by atoms with Crippen LogP contribution < -0.4 is 19.6 Å². The first-order valence-corrected chi connectivity index (χ1v) is 12.8. The molecule has 4 aromatic rings. The smallest absolute Gasteiger partial charge is 0.338 e. The Labute approximate surface area is 209 Å². The number of methoxy groups -OCH3 is 1. The highest BCUT2D eigenvalue weighted by Gasteiger charge is 2.36. The molecule has 1 aliphatic heterocycles. The van der Waals surface area contributed by atoms with Gasteiger partial charge in [0.25, 0.3) is 5.56 Å². The molecule has 2 aromatic heterocycles. The maximum Gasteiger partial charge on any atom is 0.338 e. The molecular weight excluding hydrogens is 480 g/mol. The number of aromatic nitrogens is 1. The fourth-order valence-corrected chi connectivity index (χ4v) is 5.85. The van der Waals surface area contributed by atoms with Gasteiger partial charge in [0.1, 0.15) is 11.8 Å². The minimum atomic E-state index is -0.762. The van der Waals surface area contributed by atoms with Crippen LogP contribution in [0.3, 0.4) is 0 Å². The molecule has 0 bridgehead atoms. The Bertz CT molecular complexity index is 1580. The monoisotopic (exact) mass is 502 g/mol. The lowest BCUT2D eigenvalue weighted by Crippen LogP contribution is -2.40. The van der Waals surface area contributed by atoms with Crippen LogP contribution in [-0.2, 0) is 9.53 Å². The fourth-order valence-electron chi connectivity index (χ4n) is 4.13. The molecule has 1 atom stereocenters. The predicted octanol–water partition coefficient (Wildman–Crippen LogP) is 4.01. The number of hydrogen-bond acceptors (Lipinski definition) is 7. The minimum Gasteiger partial charge on any atom is -0.496 e. The number of carbonyl (C=O) groups is 1. The number of para-hydroxylation sites is 1. The van der Waals surface area contributed by atoms with E-state index < -0.39 is 12.0 Å². The van der Waals surface area contributed by atoms with Crippen molar-refractivity contribution in [3.63, 3.8) is 0 Å². The number of nitrogens with zero attached hydrogens (tertiary/aromatic N) is 2. The van der Waals surface area contributed by atoms with Gasteiger partial charge in [0.2, 0.25) is 0 Å². The predicted molar refractivity (Wildman–Crippen MR) is 138 cm³/mol. The van der Waals surface area contributed by atoms with Crippen molar-refractivity contribution in [2.24, 2.45) is 4.99 Å². The van der Waals surface area contributed by atoms with Crippen molar-refractivity contribution >= 4 is 40.4 Å². The summed E-state index contributed by atoms with van der Waals surface area (Å²) in [4.78, 5) is 33.5. The van der Waals surface area contributed by atoms with Gasteiger partial charge in [-0.1, -0.05) is 65.9 Å². The van der Waals surface area contributed by atoms with Gasteiger partial charge in [-0.05, 0) is 30.5 Å².